The molecule has 0 unspecified atom stereocenters. The van der Waals surface area contributed by atoms with Crippen molar-refractivity contribution >= 4 is 28.3 Å². The fraction of sp³-hybridized carbons (Fsp3) is 0.346. The molecular formula is C26H28ClN7. The minimum atomic E-state index is 0.706. The number of benzene rings is 1. The van der Waals surface area contributed by atoms with Crippen LogP contribution in [0.25, 0.3) is 28.1 Å². The number of halogens is 1. The first-order valence-corrected chi connectivity index (χ1v) is 12.4. The monoisotopic (exact) mass is 473 g/mol. The predicted molar refractivity (Wildman–Crippen MR) is 135 cm³/mol. The van der Waals surface area contributed by atoms with Gasteiger partial charge in [0, 0.05) is 30.9 Å². The lowest BCUT2D eigenvalue weighted by Crippen LogP contribution is -2.18. The van der Waals surface area contributed by atoms with Crippen LogP contribution >= 0.6 is 11.6 Å². The van der Waals surface area contributed by atoms with Gasteiger partial charge in [0.05, 0.1) is 16.7 Å². The predicted octanol–water partition coefficient (Wildman–Crippen LogP) is 5.17. The molecule has 0 saturated carbocycles. The van der Waals surface area contributed by atoms with Crippen molar-refractivity contribution in [1.29, 1.82) is 0 Å². The number of hydrogen-bond donors (Lipinski definition) is 0. The third kappa shape index (κ3) is 3.79. The van der Waals surface area contributed by atoms with Crippen molar-refractivity contribution in [2.75, 3.05) is 13.1 Å². The quantitative estimate of drug-likeness (QED) is 0.341. The van der Waals surface area contributed by atoms with E-state index in [9.17, 15) is 0 Å². The second-order valence-electron chi connectivity index (χ2n) is 9.17. The fourth-order valence-electron chi connectivity index (χ4n) is 5.18. The summed E-state index contributed by atoms with van der Waals surface area (Å²) >= 11 is 6.59. The molecule has 174 valence electrons. The summed E-state index contributed by atoms with van der Waals surface area (Å²) in [5, 5.41) is 14.2. The zero-order valence-electron chi connectivity index (χ0n) is 19.6. The van der Waals surface area contributed by atoms with E-state index in [1.54, 1.807) is 0 Å². The van der Waals surface area contributed by atoms with Crippen molar-refractivity contribution in [1.82, 2.24) is 33.8 Å². The molecule has 0 atom stereocenters. The number of likely N-dealkylation sites (tertiary alicyclic amines) is 1. The fourth-order valence-corrected chi connectivity index (χ4v) is 5.46. The van der Waals surface area contributed by atoms with Crippen molar-refractivity contribution in [2.45, 2.75) is 46.3 Å². The molecule has 0 aliphatic carbocycles. The van der Waals surface area contributed by atoms with E-state index in [1.165, 1.54) is 37.1 Å². The Bertz CT molecular complexity index is 1490. The van der Waals surface area contributed by atoms with E-state index >= 15 is 0 Å². The molecule has 1 aromatic carbocycles. The van der Waals surface area contributed by atoms with Crippen molar-refractivity contribution < 1.29 is 0 Å². The summed E-state index contributed by atoms with van der Waals surface area (Å²) in [5.74, 6) is 0.874. The highest BCUT2D eigenvalue weighted by atomic mass is 35.5. The second-order valence-corrected chi connectivity index (χ2v) is 9.60. The molecule has 1 saturated heterocycles. The van der Waals surface area contributed by atoms with E-state index in [0.29, 0.717) is 6.54 Å². The smallest absolute Gasteiger partial charge is 0.161 e. The molecule has 6 rings (SSSR count). The number of rotatable bonds is 6. The van der Waals surface area contributed by atoms with Crippen molar-refractivity contribution in [3.63, 3.8) is 0 Å². The second kappa shape index (κ2) is 8.56. The standard InChI is InChI=1S/C26H28ClN7/c1-3-32-11-8-22(30-32)24-15-25-23(6-7-26-29-28-18(2)34(25)26)33(24)17-20-12-19(13-21(27)14-20)16-31-9-4-5-10-31/h6-8,11-15H,3-5,9-10,16-17H2,1-2H3. The molecule has 0 radical (unpaired) electrons. The van der Waals surface area contributed by atoms with E-state index in [1.807, 2.05) is 23.9 Å². The Balaban J connectivity index is 1.47. The molecule has 1 fully saturated rings. The number of aryl methyl sites for hydroxylation is 2. The summed E-state index contributed by atoms with van der Waals surface area (Å²) in [5.41, 5.74) is 7.55. The van der Waals surface area contributed by atoms with Gasteiger partial charge in [-0.1, -0.05) is 17.7 Å². The Kier molecular flexibility index (Phi) is 5.38. The normalized spacial score (nSPS) is 14.7. The molecule has 7 nitrogen and oxygen atoms in total. The van der Waals surface area contributed by atoms with Gasteiger partial charge in [0.1, 0.15) is 11.5 Å². The van der Waals surface area contributed by atoms with E-state index in [4.69, 9.17) is 16.7 Å². The van der Waals surface area contributed by atoms with Gasteiger partial charge in [-0.15, -0.1) is 10.2 Å². The van der Waals surface area contributed by atoms with E-state index in [-0.39, 0.29) is 0 Å². The van der Waals surface area contributed by atoms with E-state index in [2.05, 4.69) is 67.4 Å². The summed E-state index contributed by atoms with van der Waals surface area (Å²) in [4.78, 5) is 2.51. The summed E-state index contributed by atoms with van der Waals surface area (Å²) in [6.07, 6.45) is 4.60. The van der Waals surface area contributed by atoms with Crippen molar-refractivity contribution in [3.8, 4) is 11.4 Å². The number of pyridine rings is 1. The first-order valence-electron chi connectivity index (χ1n) is 12.0. The largest absolute Gasteiger partial charge is 0.333 e. The van der Waals surface area contributed by atoms with Crippen LogP contribution in [-0.4, -0.2) is 46.9 Å². The van der Waals surface area contributed by atoms with Gasteiger partial charge >= 0.3 is 0 Å². The molecule has 5 aromatic rings. The molecule has 1 aliphatic rings. The number of hydrogen-bond acceptors (Lipinski definition) is 4. The van der Waals surface area contributed by atoms with Gasteiger partial charge in [-0.2, -0.15) is 5.10 Å². The molecule has 0 bridgehead atoms. The summed E-state index contributed by atoms with van der Waals surface area (Å²) in [6.45, 7) is 8.93. The highest BCUT2D eigenvalue weighted by Crippen LogP contribution is 2.30. The van der Waals surface area contributed by atoms with Crippen LogP contribution in [0.3, 0.4) is 0 Å². The maximum atomic E-state index is 6.59. The van der Waals surface area contributed by atoms with Gasteiger partial charge in [0.25, 0.3) is 0 Å². The van der Waals surface area contributed by atoms with Crippen molar-refractivity contribution in [2.24, 2.45) is 0 Å². The molecule has 8 heteroatoms. The molecule has 4 aromatic heterocycles. The number of aromatic nitrogens is 6. The van der Waals surface area contributed by atoms with E-state index in [0.717, 1.165) is 52.0 Å². The molecule has 34 heavy (non-hydrogen) atoms. The molecule has 5 heterocycles. The van der Waals surface area contributed by atoms with Crippen LogP contribution in [0.5, 0.6) is 0 Å². The summed E-state index contributed by atoms with van der Waals surface area (Å²) in [6, 6.07) is 14.9. The number of nitrogens with zero attached hydrogens (tertiary/aromatic N) is 7. The Morgan fingerprint density at radius 1 is 0.912 bits per heavy atom. The van der Waals surface area contributed by atoms with Gasteiger partial charge in [-0.3, -0.25) is 14.0 Å². The van der Waals surface area contributed by atoms with E-state index < -0.39 is 0 Å². The maximum Gasteiger partial charge on any atom is 0.161 e. The highest BCUT2D eigenvalue weighted by molar-refractivity contribution is 6.30. The first-order chi connectivity index (χ1) is 16.6. The van der Waals surface area contributed by atoms with Gasteiger partial charge in [0.2, 0.25) is 0 Å². The zero-order valence-corrected chi connectivity index (χ0v) is 20.3. The van der Waals surface area contributed by atoms with Crippen LogP contribution in [0.1, 0.15) is 36.7 Å². The Labute approximate surface area is 203 Å². The van der Waals surface area contributed by atoms with Crippen molar-refractivity contribution in [3.05, 3.63) is 70.6 Å². The maximum absolute atomic E-state index is 6.59. The van der Waals surface area contributed by atoms with Gasteiger partial charge in [-0.25, -0.2) is 0 Å². The lowest BCUT2D eigenvalue weighted by Gasteiger charge is -2.16. The topological polar surface area (TPSA) is 56.2 Å². The van der Waals surface area contributed by atoms with Crippen LogP contribution in [-0.2, 0) is 19.6 Å². The first kappa shape index (κ1) is 21.4. The van der Waals surface area contributed by atoms with Crippen LogP contribution in [0.15, 0.2) is 48.7 Å². The van der Waals surface area contributed by atoms with Crippen LogP contribution in [0, 0.1) is 6.92 Å². The average molecular weight is 474 g/mol. The lowest BCUT2D eigenvalue weighted by atomic mass is 10.1. The zero-order chi connectivity index (χ0) is 23.2. The minimum Gasteiger partial charge on any atom is -0.333 e. The minimum absolute atomic E-state index is 0.706. The summed E-state index contributed by atoms with van der Waals surface area (Å²) < 4.78 is 6.41. The molecule has 0 N–H and O–H groups in total. The lowest BCUT2D eigenvalue weighted by molar-refractivity contribution is 0.331. The van der Waals surface area contributed by atoms with Crippen LogP contribution in [0.4, 0.5) is 0 Å². The van der Waals surface area contributed by atoms with Crippen LogP contribution < -0.4 is 0 Å². The summed E-state index contributed by atoms with van der Waals surface area (Å²) in [7, 11) is 0. The Hall–Kier alpha value is -3.16. The molecule has 1 aliphatic heterocycles. The highest BCUT2D eigenvalue weighted by Gasteiger charge is 2.18. The number of fused-ring (bicyclic) bond motifs is 3. The third-order valence-corrected chi connectivity index (χ3v) is 7.01. The average Bonchev–Trinajstić information content (AvgIpc) is 3.60. The Morgan fingerprint density at radius 2 is 1.71 bits per heavy atom. The van der Waals surface area contributed by atoms with Gasteiger partial charge in [0.15, 0.2) is 5.65 Å². The van der Waals surface area contributed by atoms with Gasteiger partial charge in [-0.05, 0) is 87.3 Å². The SMILES string of the molecule is CCn1ccc(-c2cc3c(ccc4nnc(C)n43)n2Cc2cc(Cl)cc(CN3CCCC3)c2)n1. The van der Waals surface area contributed by atoms with Crippen LogP contribution in [0.2, 0.25) is 5.02 Å². The molecule has 0 amide bonds. The molecular weight excluding hydrogens is 446 g/mol. The Morgan fingerprint density at radius 3 is 2.47 bits per heavy atom. The van der Waals surface area contributed by atoms with Gasteiger partial charge < -0.3 is 4.57 Å². The molecule has 0 spiro atoms. The third-order valence-electron chi connectivity index (χ3n) is 6.79.